The maximum absolute atomic E-state index is 14.3. The molecule has 4 aliphatic heterocycles. The first-order valence-corrected chi connectivity index (χ1v) is 18.1. The summed E-state index contributed by atoms with van der Waals surface area (Å²) in [5.41, 5.74) is 0.953. The summed E-state index contributed by atoms with van der Waals surface area (Å²) in [5.74, 6) is -1.67. The third kappa shape index (κ3) is 7.63. The minimum Gasteiger partial charge on any atom is -0.394 e. The summed E-state index contributed by atoms with van der Waals surface area (Å²) in [4.78, 5) is 56.3. The second-order valence-corrected chi connectivity index (χ2v) is 14.1. The fourth-order valence-electron chi connectivity index (χ4n) is 7.68. The fourth-order valence-corrected chi connectivity index (χ4v) is 7.68. The van der Waals surface area contributed by atoms with Crippen molar-refractivity contribution in [2.24, 2.45) is 17.8 Å². The van der Waals surface area contributed by atoms with Gasteiger partial charge in [-0.25, -0.2) is 0 Å². The molecule has 268 valence electrons. The van der Waals surface area contributed by atoms with Crippen LogP contribution in [0.15, 0.2) is 54.6 Å². The van der Waals surface area contributed by atoms with Crippen LogP contribution in [0.3, 0.4) is 0 Å². The Hall–Kier alpha value is -4.10. The molecule has 0 aliphatic carbocycles. The van der Waals surface area contributed by atoms with Gasteiger partial charge in [-0.15, -0.1) is 0 Å². The van der Waals surface area contributed by atoms with Gasteiger partial charge >= 0.3 is 0 Å². The molecule has 5 atom stereocenters. The number of hydrogen-bond acceptors (Lipinski definition) is 8. The van der Waals surface area contributed by atoms with E-state index < -0.39 is 17.4 Å². The van der Waals surface area contributed by atoms with E-state index in [1.807, 2.05) is 24.3 Å². The zero-order valence-corrected chi connectivity index (χ0v) is 28.8. The summed E-state index contributed by atoms with van der Waals surface area (Å²) in [7, 11) is 0. The van der Waals surface area contributed by atoms with E-state index in [1.165, 1.54) is 0 Å². The largest absolute Gasteiger partial charge is 0.394 e. The van der Waals surface area contributed by atoms with Gasteiger partial charge in [-0.2, -0.15) is 0 Å². The number of aliphatic hydroxyl groups is 2. The van der Waals surface area contributed by atoms with Crippen molar-refractivity contribution in [1.82, 2.24) is 15.5 Å². The third-order valence-electron chi connectivity index (χ3n) is 10.7. The monoisotopic (exact) mass is 686 g/mol. The minimum absolute atomic E-state index is 0.0151. The van der Waals surface area contributed by atoms with Crippen molar-refractivity contribution >= 4 is 40.7 Å². The van der Waals surface area contributed by atoms with E-state index in [0.717, 1.165) is 57.2 Å². The number of carbonyl (C=O) groups excluding carboxylic acids is 4. The van der Waals surface area contributed by atoms with Crippen molar-refractivity contribution in [3.05, 3.63) is 65.7 Å². The van der Waals surface area contributed by atoms with Crippen molar-refractivity contribution in [2.75, 3.05) is 54.9 Å². The first kappa shape index (κ1) is 35.7. The van der Waals surface area contributed by atoms with E-state index >= 15 is 0 Å². The van der Waals surface area contributed by atoms with Crippen LogP contribution in [0.4, 0.5) is 17.1 Å². The number of anilines is 3. The van der Waals surface area contributed by atoms with Gasteiger partial charge in [-0.05, 0) is 87.5 Å². The van der Waals surface area contributed by atoms with E-state index in [1.54, 1.807) is 47.1 Å². The lowest BCUT2D eigenvalue weighted by molar-refractivity contribution is -0.139. The summed E-state index contributed by atoms with van der Waals surface area (Å²) in [5, 5.41) is 34.5. The zero-order valence-electron chi connectivity index (χ0n) is 28.8. The highest BCUT2D eigenvalue weighted by atomic mass is 16.3. The Kier molecular flexibility index (Phi) is 11.3. The van der Waals surface area contributed by atoms with Gasteiger partial charge in [-0.1, -0.05) is 31.2 Å². The molecular formula is C38H50N6O6. The standard InChI is InChI=1S/C38H50N6O6/c1-25(6-2-10-34(46)43-19-5-9-31(43)24-45)38(50)32-20-30(42-36(48)28-8-4-18-40-22-28)15-16-33(32)44(37(38)49)23-26-11-13-29(14-12-26)41-35(47)27-7-3-17-39-21-27/h2,6,11-16,20,25,27-28,31,39-40,45,50H,3-5,7-10,17-19,21-24H2,1H3,(H,41,47)(H,42,48)/b6-2+/t25-,27?,28?,31+,38+/m1/s1. The molecule has 3 fully saturated rings. The molecule has 2 unspecified atom stereocenters. The Labute approximate surface area is 293 Å². The fraction of sp³-hybridized carbons (Fsp3) is 0.526. The molecule has 12 heteroatoms. The first-order valence-electron chi connectivity index (χ1n) is 18.1. The van der Waals surface area contributed by atoms with E-state index in [0.29, 0.717) is 42.3 Å². The number of piperidine rings is 2. The summed E-state index contributed by atoms with van der Waals surface area (Å²) >= 11 is 0. The van der Waals surface area contributed by atoms with Crippen molar-refractivity contribution in [3.63, 3.8) is 0 Å². The van der Waals surface area contributed by atoms with Crippen LogP contribution < -0.4 is 26.2 Å². The predicted octanol–water partition coefficient (Wildman–Crippen LogP) is 2.86. The van der Waals surface area contributed by atoms with E-state index in [9.17, 15) is 29.4 Å². The zero-order chi connectivity index (χ0) is 35.3. The summed E-state index contributed by atoms with van der Waals surface area (Å²) in [6, 6.07) is 12.4. The van der Waals surface area contributed by atoms with E-state index in [-0.39, 0.29) is 55.2 Å². The normalized spacial score (nSPS) is 25.8. The Bertz CT molecular complexity index is 1580. The van der Waals surface area contributed by atoms with Crippen LogP contribution in [0.2, 0.25) is 0 Å². The quantitative estimate of drug-likeness (QED) is 0.197. The number of nitrogens with one attached hydrogen (secondary N) is 4. The molecular weight excluding hydrogens is 636 g/mol. The molecule has 4 amide bonds. The Morgan fingerprint density at radius 1 is 0.940 bits per heavy atom. The number of rotatable bonds is 11. The van der Waals surface area contributed by atoms with Crippen LogP contribution in [0.5, 0.6) is 0 Å². The van der Waals surface area contributed by atoms with Gasteiger partial charge in [0.05, 0.1) is 36.7 Å². The lowest BCUT2D eigenvalue weighted by Gasteiger charge is -2.28. The number of nitrogens with zero attached hydrogens (tertiary/aromatic N) is 2. The smallest absolute Gasteiger partial charge is 0.264 e. The van der Waals surface area contributed by atoms with Crippen molar-refractivity contribution in [3.8, 4) is 0 Å². The highest BCUT2D eigenvalue weighted by molar-refractivity contribution is 6.08. The summed E-state index contributed by atoms with van der Waals surface area (Å²) in [6.45, 7) is 5.55. The van der Waals surface area contributed by atoms with Crippen LogP contribution in [-0.2, 0) is 31.3 Å². The van der Waals surface area contributed by atoms with Crippen LogP contribution in [-0.4, -0.2) is 84.1 Å². The number of amides is 4. The third-order valence-corrected chi connectivity index (χ3v) is 10.7. The molecule has 0 radical (unpaired) electrons. The second-order valence-electron chi connectivity index (χ2n) is 14.1. The predicted molar refractivity (Wildman–Crippen MR) is 191 cm³/mol. The van der Waals surface area contributed by atoms with Gasteiger partial charge < -0.3 is 41.3 Å². The number of likely N-dealkylation sites (tertiary alicyclic amines) is 1. The maximum Gasteiger partial charge on any atom is 0.264 e. The van der Waals surface area contributed by atoms with Gasteiger partial charge in [0.2, 0.25) is 17.7 Å². The van der Waals surface area contributed by atoms with Gasteiger partial charge in [-0.3, -0.25) is 19.2 Å². The van der Waals surface area contributed by atoms with E-state index in [2.05, 4.69) is 21.3 Å². The molecule has 4 aliphatic rings. The molecule has 6 rings (SSSR count). The average molecular weight is 687 g/mol. The highest BCUT2D eigenvalue weighted by Gasteiger charge is 2.52. The average Bonchev–Trinajstić information content (AvgIpc) is 3.71. The molecule has 0 aromatic heterocycles. The van der Waals surface area contributed by atoms with Gasteiger partial charge in [0.25, 0.3) is 5.91 Å². The van der Waals surface area contributed by atoms with Crippen molar-refractivity contribution < 1.29 is 29.4 Å². The molecule has 6 N–H and O–H groups in total. The Morgan fingerprint density at radius 2 is 1.58 bits per heavy atom. The SMILES string of the molecule is C[C@H](/C=C/CC(=O)N1CCC[C@H]1CO)[C@@]1(O)C(=O)N(Cc2ccc(NC(=O)C3CCCNC3)cc2)c2ccc(NC(=O)C3CCCNC3)cc21. The maximum atomic E-state index is 14.3. The molecule has 0 bridgehead atoms. The minimum atomic E-state index is -1.95. The van der Waals surface area contributed by atoms with Crippen molar-refractivity contribution in [2.45, 2.75) is 70.1 Å². The van der Waals surface area contributed by atoms with E-state index in [4.69, 9.17) is 0 Å². The number of benzene rings is 2. The topological polar surface area (TPSA) is 163 Å². The van der Waals surface area contributed by atoms with Gasteiger partial charge in [0, 0.05) is 48.9 Å². The Balaban J connectivity index is 1.21. The van der Waals surface area contributed by atoms with Crippen LogP contribution in [0.1, 0.15) is 63.0 Å². The molecule has 2 aromatic rings. The van der Waals surface area contributed by atoms with Crippen LogP contribution in [0, 0.1) is 17.8 Å². The molecule has 0 saturated carbocycles. The lowest BCUT2D eigenvalue weighted by atomic mass is 9.82. The number of hydrogen-bond donors (Lipinski definition) is 6. The molecule has 50 heavy (non-hydrogen) atoms. The van der Waals surface area contributed by atoms with Crippen molar-refractivity contribution in [1.29, 1.82) is 0 Å². The number of fused-ring (bicyclic) bond motifs is 1. The molecule has 2 aromatic carbocycles. The van der Waals surface area contributed by atoms with Crippen LogP contribution >= 0.6 is 0 Å². The second kappa shape index (κ2) is 15.8. The van der Waals surface area contributed by atoms with Crippen LogP contribution in [0.25, 0.3) is 0 Å². The molecule has 3 saturated heterocycles. The molecule has 4 heterocycles. The highest BCUT2D eigenvalue weighted by Crippen LogP contribution is 2.47. The molecule has 0 spiro atoms. The van der Waals surface area contributed by atoms with Gasteiger partial charge in [0.15, 0.2) is 5.60 Å². The summed E-state index contributed by atoms with van der Waals surface area (Å²) in [6.07, 6.45) is 8.63. The lowest BCUT2D eigenvalue weighted by Crippen LogP contribution is -2.44. The molecule has 12 nitrogen and oxygen atoms in total. The number of carbonyl (C=O) groups is 4. The Morgan fingerprint density at radius 3 is 2.20 bits per heavy atom. The first-order chi connectivity index (χ1) is 24.2. The number of aliphatic hydroxyl groups excluding tert-OH is 1. The van der Waals surface area contributed by atoms with Gasteiger partial charge in [0.1, 0.15) is 0 Å². The summed E-state index contributed by atoms with van der Waals surface area (Å²) < 4.78 is 0.